The fourth-order valence-electron chi connectivity index (χ4n) is 1.89. The smallest absolute Gasteiger partial charge is 0.240 e. The lowest BCUT2D eigenvalue weighted by atomic mass is 10.2. The maximum Gasteiger partial charge on any atom is 0.240 e. The minimum atomic E-state index is -3.53. The number of benzene rings is 1. The van der Waals surface area contributed by atoms with Crippen molar-refractivity contribution in [3.8, 4) is 5.75 Å². The number of sulfonamides is 1. The highest BCUT2D eigenvalue weighted by Gasteiger charge is 2.15. The molecule has 1 heterocycles. The van der Waals surface area contributed by atoms with Crippen LogP contribution >= 0.6 is 11.8 Å². The third-order valence-corrected chi connectivity index (χ3v) is 5.27. The third kappa shape index (κ3) is 4.95. The van der Waals surface area contributed by atoms with Crippen LogP contribution in [0.2, 0.25) is 0 Å². The zero-order valence-corrected chi connectivity index (χ0v) is 14.9. The SMILES string of the molecule is CCOc1ccc(S(=O)(=O)NCCSc2n[nH]c(C)n2)cc1C. The number of nitrogens with zero attached hydrogens (tertiary/aromatic N) is 2. The molecule has 1 aromatic carbocycles. The van der Waals surface area contributed by atoms with Gasteiger partial charge in [-0.25, -0.2) is 18.1 Å². The molecule has 0 spiro atoms. The second-order valence-corrected chi connectivity index (χ2v) is 7.64. The Morgan fingerprint density at radius 1 is 1.35 bits per heavy atom. The molecule has 0 saturated heterocycles. The van der Waals surface area contributed by atoms with E-state index >= 15 is 0 Å². The van der Waals surface area contributed by atoms with Crippen molar-refractivity contribution in [2.75, 3.05) is 18.9 Å². The Hall–Kier alpha value is -1.58. The van der Waals surface area contributed by atoms with Crippen molar-refractivity contribution in [3.05, 3.63) is 29.6 Å². The Kier molecular flexibility index (Phi) is 6.03. The molecule has 2 aromatic rings. The van der Waals surface area contributed by atoms with Crippen LogP contribution in [0.3, 0.4) is 0 Å². The Morgan fingerprint density at radius 3 is 2.74 bits per heavy atom. The molecule has 0 aliphatic rings. The van der Waals surface area contributed by atoms with E-state index in [9.17, 15) is 8.42 Å². The van der Waals surface area contributed by atoms with Gasteiger partial charge >= 0.3 is 0 Å². The molecule has 1 aromatic heterocycles. The summed E-state index contributed by atoms with van der Waals surface area (Å²) >= 11 is 1.39. The topological polar surface area (TPSA) is 97.0 Å². The largest absolute Gasteiger partial charge is 0.494 e. The fourth-order valence-corrected chi connectivity index (χ4v) is 3.84. The Balaban J connectivity index is 1.92. The lowest BCUT2D eigenvalue weighted by molar-refractivity contribution is 0.337. The maximum atomic E-state index is 12.3. The summed E-state index contributed by atoms with van der Waals surface area (Å²) in [6.07, 6.45) is 0. The van der Waals surface area contributed by atoms with E-state index in [0.29, 0.717) is 29.8 Å². The average Bonchev–Trinajstić information content (AvgIpc) is 2.91. The van der Waals surface area contributed by atoms with Crippen molar-refractivity contribution in [2.45, 2.75) is 30.8 Å². The summed E-state index contributed by atoms with van der Waals surface area (Å²) in [5.41, 5.74) is 0.792. The van der Waals surface area contributed by atoms with Crippen molar-refractivity contribution in [1.29, 1.82) is 0 Å². The van der Waals surface area contributed by atoms with Gasteiger partial charge in [0.1, 0.15) is 11.6 Å². The van der Waals surface area contributed by atoms with Gasteiger partial charge in [-0.2, -0.15) is 0 Å². The minimum Gasteiger partial charge on any atom is -0.494 e. The highest BCUT2D eigenvalue weighted by atomic mass is 32.2. The second-order valence-electron chi connectivity index (χ2n) is 4.81. The van der Waals surface area contributed by atoms with Crippen LogP contribution in [0.4, 0.5) is 0 Å². The zero-order chi connectivity index (χ0) is 16.9. The number of aryl methyl sites for hydroxylation is 2. The molecule has 0 aliphatic heterocycles. The van der Waals surface area contributed by atoms with Gasteiger partial charge < -0.3 is 4.74 Å². The number of hydrogen-bond acceptors (Lipinski definition) is 6. The normalized spacial score (nSPS) is 11.6. The number of aromatic nitrogens is 3. The molecule has 7 nitrogen and oxygen atoms in total. The molecule has 126 valence electrons. The number of thioether (sulfide) groups is 1. The van der Waals surface area contributed by atoms with Crippen molar-refractivity contribution in [1.82, 2.24) is 19.9 Å². The molecule has 2 N–H and O–H groups in total. The highest BCUT2D eigenvalue weighted by Crippen LogP contribution is 2.21. The highest BCUT2D eigenvalue weighted by molar-refractivity contribution is 7.99. The van der Waals surface area contributed by atoms with Gasteiger partial charge in [0.25, 0.3) is 0 Å². The predicted molar refractivity (Wildman–Crippen MR) is 89.4 cm³/mol. The van der Waals surface area contributed by atoms with E-state index in [4.69, 9.17) is 4.74 Å². The Morgan fingerprint density at radius 2 is 2.13 bits per heavy atom. The lowest BCUT2D eigenvalue weighted by Gasteiger charge is -2.10. The number of ether oxygens (including phenoxy) is 1. The third-order valence-electron chi connectivity index (χ3n) is 2.96. The van der Waals surface area contributed by atoms with Crippen LogP contribution < -0.4 is 9.46 Å². The molecule has 0 radical (unpaired) electrons. The van der Waals surface area contributed by atoms with Gasteiger partial charge in [0.2, 0.25) is 15.2 Å². The van der Waals surface area contributed by atoms with Crippen molar-refractivity contribution >= 4 is 21.8 Å². The van der Waals surface area contributed by atoms with E-state index in [-0.39, 0.29) is 4.90 Å². The zero-order valence-electron chi connectivity index (χ0n) is 13.3. The Labute approximate surface area is 140 Å². The van der Waals surface area contributed by atoms with Crippen molar-refractivity contribution in [3.63, 3.8) is 0 Å². The summed E-state index contributed by atoms with van der Waals surface area (Å²) in [5, 5.41) is 7.33. The van der Waals surface area contributed by atoms with E-state index in [1.807, 2.05) is 20.8 Å². The first kappa shape index (κ1) is 17.8. The summed E-state index contributed by atoms with van der Waals surface area (Å²) in [7, 11) is -3.53. The summed E-state index contributed by atoms with van der Waals surface area (Å²) < 4.78 is 32.5. The summed E-state index contributed by atoms with van der Waals surface area (Å²) in [6, 6.07) is 4.84. The molecule has 2 rings (SSSR count). The van der Waals surface area contributed by atoms with Gasteiger partial charge in [0, 0.05) is 12.3 Å². The van der Waals surface area contributed by atoms with Gasteiger partial charge in [-0.1, -0.05) is 11.8 Å². The molecule has 0 unspecified atom stereocenters. The van der Waals surface area contributed by atoms with Gasteiger partial charge in [-0.3, -0.25) is 5.10 Å². The quantitative estimate of drug-likeness (QED) is 0.554. The lowest BCUT2D eigenvalue weighted by Crippen LogP contribution is -2.26. The van der Waals surface area contributed by atoms with Crippen LogP contribution in [0, 0.1) is 13.8 Å². The number of H-pyrrole nitrogens is 1. The molecular weight excluding hydrogens is 336 g/mol. The predicted octanol–water partition coefficient (Wildman–Crippen LogP) is 1.89. The van der Waals surface area contributed by atoms with Gasteiger partial charge in [0.05, 0.1) is 11.5 Å². The van der Waals surface area contributed by atoms with Crippen LogP contribution in [-0.4, -0.2) is 42.5 Å². The first-order chi connectivity index (χ1) is 10.9. The second kappa shape index (κ2) is 7.80. The number of nitrogens with one attached hydrogen (secondary N) is 2. The molecule has 0 saturated carbocycles. The van der Waals surface area contributed by atoms with Gasteiger partial charge in [0.15, 0.2) is 0 Å². The van der Waals surface area contributed by atoms with Crippen molar-refractivity contribution in [2.24, 2.45) is 0 Å². The molecule has 0 fully saturated rings. The monoisotopic (exact) mass is 356 g/mol. The summed E-state index contributed by atoms with van der Waals surface area (Å²) in [6.45, 7) is 6.37. The van der Waals surface area contributed by atoms with E-state index < -0.39 is 10.0 Å². The first-order valence-corrected chi connectivity index (χ1v) is 9.64. The van der Waals surface area contributed by atoms with Gasteiger partial charge in [-0.15, -0.1) is 5.10 Å². The van der Waals surface area contributed by atoms with Crippen molar-refractivity contribution < 1.29 is 13.2 Å². The van der Waals surface area contributed by atoms with Crippen LogP contribution in [0.1, 0.15) is 18.3 Å². The molecule has 0 bridgehead atoms. The standard InChI is InChI=1S/C14H20N4O3S2/c1-4-21-13-6-5-12(9-10(13)2)23(19,20)15-7-8-22-14-16-11(3)17-18-14/h5-6,9,15H,4,7-8H2,1-3H3,(H,16,17,18). The number of hydrogen-bond donors (Lipinski definition) is 2. The molecule has 0 aliphatic carbocycles. The summed E-state index contributed by atoms with van der Waals surface area (Å²) in [5.74, 6) is 1.98. The number of rotatable bonds is 8. The van der Waals surface area contributed by atoms with Gasteiger partial charge in [-0.05, 0) is 44.5 Å². The van der Waals surface area contributed by atoms with Crippen LogP contribution in [0.25, 0.3) is 0 Å². The summed E-state index contributed by atoms with van der Waals surface area (Å²) in [4.78, 5) is 4.38. The van der Waals surface area contributed by atoms with Crippen LogP contribution in [-0.2, 0) is 10.0 Å². The molecule has 0 amide bonds. The Bertz CT molecular complexity index is 759. The van der Waals surface area contributed by atoms with Crippen LogP contribution in [0.15, 0.2) is 28.3 Å². The van der Waals surface area contributed by atoms with Crippen LogP contribution in [0.5, 0.6) is 5.75 Å². The van der Waals surface area contributed by atoms with E-state index in [1.54, 1.807) is 18.2 Å². The molecular formula is C14H20N4O3S2. The maximum absolute atomic E-state index is 12.3. The minimum absolute atomic E-state index is 0.234. The molecule has 23 heavy (non-hydrogen) atoms. The first-order valence-electron chi connectivity index (χ1n) is 7.17. The fraction of sp³-hybridized carbons (Fsp3) is 0.429. The average molecular weight is 356 g/mol. The van der Waals surface area contributed by atoms with E-state index in [0.717, 1.165) is 11.4 Å². The van der Waals surface area contributed by atoms with E-state index in [2.05, 4.69) is 19.9 Å². The number of aromatic amines is 1. The molecule has 9 heteroatoms. The molecule has 0 atom stereocenters. The van der Waals surface area contributed by atoms with E-state index in [1.165, 1.54) is 11.8 Å².